The summed E-state index contributed by atoms with van der Waals surface area (Å²) in [5.41, 5.74) is 6.71. The second kappa shape index (κ2) is 5.32. The Morgan fingerprint density at radius 3 is 2.90 bits per heavy atom. The van der Waals surface area contributed by atoms with Gasteiger partial charge in [0, 0.05) is 18.2 Å². The maximum atomic E-state index is 12.2. The Labute approximate surface area is 121 Å². The summed E-state index contributed by atoms with van der Waals surface area (Å²) < 4.78 is 5.56. The van der Waals surface area contributed by atoms with E-state index in [4.69, 9.17) is 10.5 Å². The molecular weight excluding hydrogens is 270 g/mol. The molecule has 1 aliphatic rings. The van der Waals surface area contributed by atoms with Crippen molar-refractivity contribution in [2.24, 2.45) is 5.73 Å². The van der Waals surface area contributed by atoms with Crippen LogP contribution in [0.5, 0.6) is 5.75 Å². The fraction of sp³-hybridized carbons (Fsp3) is 0.200. The number of aromatic nitrogens is 1. The molecule has 0 saturated heterocycles. The van der Waals surface area contributed by atoms with E-state index in [0.717, 1.165) is 11.3 Å². The molecule has 0 fully saturated rings. The highest BCUT2D eigenvalue weighted by Crippen LogP contribution is 2.31. The van der Waals surface area contributed by atoms with E-state index in [1.54, 1.807) is 0 Å². The van der Waals surface area contributed by atoms with Crippen LogP contribution in [-0.4, -0.2) is 23.4 Å². The Hall–Kier alpha value is -2.76. The quantitative estimate of drug-likeness (QED) is 0.794. The van der Waals surface area contributed by atoms with Crippen LogP contribution in [0.4, 0.5) is 0 Å². The van der Waals surface area contributed by atoms with Gasteiger partial charge in [-0.2, -0.15) is 0 Å². The van der Waals surface area contributed by atoms with E-state index in [-0.39, 0.29) is 17.6 Å². The van der Waals surface area contributed by atoms with Gasteiger partial charge in [0.25, 0.3) is 11.8 Å². The van der Waals surface area contributed by atoms with Crippen molar-refractivity contribution >= 4 is 11.8 Å². The van der Waals surface area contributed by atoms with Gasteiger partial charge in [0.05, 0.1) is 18.2 Å². The molecule has 0 saturated carbocycles. The Bertz CT molecular complexity index is 693. The summed E-state index contributed by atoms with van der Waals surface area (Å²) in [7, 11) is 0. The number of ether oxygens (including phenoxy) is 1. The first-order chi connectivity index (χ1) is 10.1. The van der Waals surface area contributed by atoms with Crippen molar-refractivity contribution in [2.45, 2.75) is 12.5 Å². The Kier molecular flexibility index (Phi) is 3.35. The summed E-state index contributed by atoms with van der Waals surface area (Å²) in [6.07, 6.45) is 2.18. The fourth-order valence-corrected chi connectivity index (χ4v) is 2.40. The Balaban J connectivity index is 1.77. The molecule has 6 nitrogen and oxygen atoms in total. The van der Waals surface area contributed by atoms with Crippen LogP contribution in [0.1, 0.15) is 38.9 Å². The van der Waals surface area contributed by atoms with Crippen molar-refractivity contribution in [1.82, 2.24) is 10.3 Å². The van der Waals surface area contributed by atoms with Crippen molar-refractivity contribution < 1.29 is 14.3 Å². The van der Waals surface area contributed by atoms with Gasteiger partial charge in [0.1, 0.15) is 11.4 Å². The van der Waals surface area contributed by atoms with Gasteiger partial charge in [-0.05, 0) is 12.1 Å². The van der Waals surface area contributed by atoms with Gasteiger partial charge < -0.3 is 20.8 Å². The van der Waals surface area contributed by atoms with Crippen molar-refractivity contribution in [3.8, 4) is 5.75 Å². The molecule has 1 aromatic carbocycles. The molecule has 3 rings (SSSR count). The lowest BCUT2D eigenvalue weighted by Crippen LogP contribution is -2.31. The number of aromatic amines is 1. The monoisotopic (exact) mass is 285 g/mol. The molecule has 0 spiro atoms. The van der Waals surface area contributed by atoms with Gasteiger partial charge in [-0.25, -0.2) is 0 Å². The van der Waals surface area contributed by atoms with E-state index >= 15 is 0 Å². The van der Waals surface area contributed by atoms with E-state index in [0.29, 0.717) is 18.6 Å². The number of carbonyl (C=O) groups is 2. The topological polar surface area (TPSA) is 97.2 Å². The number of nitrogens with one attached hydrogen (secondary N) is 2. The number of amides is 2. The number of hydrogen-bond donors (Lipinski definition) is 3. The SMILES string of the molecule is NC(=O)c1cc(C(=O)N[C@H]2CCOc3ccccc32)c[nH]1. The van der Waals surface area contributed by atoms with E-state index in [1.807, 2.05) is 24.3 Å². The third kappa shape index (κ3) is 2.60. The minimum absolute atomic E-state index is 0.102. The van der Waals surface area contributed by atoms with Gasteiger partial charge >= 0.3 is 0 Å². The molecule has 2 heterocycles. The Morgan fingerprint density at radius 2 is 2.14 bits per heavy atom. The van der Waals surface area contributed by atoms with Crippen LogP contribution in [-0.2, 0) is 0 Å². The highest BCUT2D eigenvalue weighted by Gasteiger charge is 2.23. The summed E-state index contributed by atoms with van der Waals surface area (Å²) >= 11 is 0. The van der Waals surface area contributed by atoms with Crippen LogP contribution in [0.25, 0.3) is 0 Å². The van der Waals surface area contributed by atoms with Crippen LogP contribution in [0.15, 0.2) is 36.5 Å². The molecule has 2 amide bonds. The number of primary amides is 1. The normalized spacial score (nSPS) is 16.7. The summed E-state index contributed by atoms with van der Waals surface area (Å²) in [5, 5.41) is 2.95. The van der Waals surface area contributed by atoms with Crippen molar-refractivity contribution in [1.29, 1.82) is 0 Å². The molecule has 0 bridgehead atoms. The number of hydrogen-bond acceptors (Lipinski definition) is 3. The molecule has 2 aromatic rings. The maximum absolute atomic E-state index is 12.2. The first-order valence-corrected chi connectivity index (χ1v) is 6.66. The smallest absolute Gasteiger partial charge is 0.265 e. The molecule has 1 aliphatic heterocycles. The van der Waals surface area contributed by atoms with Gasteiger partial charge in [-0.1, -0.05) is 18.2 Å². The van der Waals surface area contributed by atoms with Crippen LogP contribution < -0.4 is 15.8 Å². The van der Waals surface area contributed by atoms with Gasteiger partial charge in [-0.15, -0.1) is 0 Å². The van der Waals surface area contributed by atoms with Crippen LogP contribution in [0.3, 0.4) is 0 Å². The first kappa shape index (κ1) is 13.2. The number of fused-ring (bicyclic) bond motifs is 1. The first-order valence-electron chi connectivity index (χ1n) is 6.66. The Morgan fingerprint density at radius 1 is 1.33 bits per heavy atom. The third-order valence-corrected chi connectivity index (χ3v) is 3.47. The molecule has 4 N–H and O–H groups in total. The highest BCUT2D eigenvalue weighted by atomic mass is 16.5. The summed E-state index contributed by atoms with van der Waals surface area (Å²) in [5.74, 6) is -0.0492. The lowest BCUT2D eigenvalue weighted by Gasteiger charge is -2.26. The lowest BCUT2D eigenvalue weighted by atomic mass is 10.0. The number of nitrogens with two attached hydrogens (primary N) is 1. The molecule has 108 valence electrons. The molecular formula is C15H15N3O3. The molecule has 1 aromatic heterocycles. The van der Waals surface area contributed by atoms with E-state index in [1.165, 1.54) is 12.3 Å². The second-order valence-electron chi connectivity index (χ2n) is 4.87. The minimum atomic E-state index is -0.592. The van der Waals surface area contributed by atoms with Gasteiger partial charge in [-0.3, -0.25) is 9.59 Å². The van der Waals surface area contributed by atoms with E-state index < -0.39 is 5.91 Å². The number of carbonyl (C=O) groups excluding carboxylic acids is 2. The molecule has 0 radical (unpaired) electrons. The van der Waals surface area contributed by atoms with Crippen molar-refractivity contribution in [2.75, 3.05) is 6.61 Å². The number of para-hydroxylation sites is 1. The molecule has 6 heteroatoms. The summed E-state index contributed by atoms with van der Waals surface area (Å²) in [4.78, 5) is 26.0. The number of rotatable bonds is 3. The van der Waals surface area contributed by atoms with E-state index in [2.05, 4.69) is 10.3 Å². The average Bonchev–Trinajstić information content (AvgIpc) is 2.98. The summed E-state index contributed by atoms with van der Waals surface area (Å²) in [6, 6.07) is 8.97. The third-order valence-electron chi connectivity index (χ3n) is 3.47. The minimum Gasteiger partial charge on any atom is -0.493 e. The molecule has 1 atom stereocenters. The molecule has 21 heavy (non-hydrogen) atoms. The standard InChI is InChI=1S/C15H15N3O3/c16-14(19)12-7-9(8-17-12)15(20)18-11-5-6-21-13-4-2-1-3-10(11)13/h1-4,7-8,11,17H,5-6H2,(H2,16,19)(H,18,20)/t11-/m0/s1. The van der Waals surface area contributed by atoms with Gasteiger partial charge in [0.2, 0.25) is 0 Å². The predicted molar refractivity (Wildman–Crippen MR) is 76.1 cm³/mol. The second-order valence-corrected chi connectivity index (χ2v) is 4.87. The highest BCUT2D eigenvalue weighted by molar-refractivity contribution is 5.98. The zero-order valence-corrected chi connectivity index (χ0v) is 11.3. The zero-order chi connectivity index (χ0) is 14.8. The van der Waals surface area contributed by atoms with Crippen LogP contribution in [0, 0.1) is 0 Å². The van der Waals surface area contributed by atoms with Gasteiger partial charge in [0.15, 0.2) is 0 Å². The number of benzene rings is 1. The largest absolute Gasteiger partial charge is 0.493 e. The number of H-pyrrole nitrogens is 1. The van der Waals surface area contributed by atoms with Crippen molar-refractivity contribution in [3.63, 3.8) is 0 Å². The maximum Gasteiger partial charge on any atom is 0.265 e. The van der Waals surface area contributed by atoms with E-state index in [9.17, 15) is 9.59 Å². The molecule has 0 unspecified atom stereocenters. The lowest BCUT2D eigenvalue weighted by molar-refractivity contribution is 0.0924. The van der Waals surface area contributed by atoms with Crippen LogP contribution >= 0.6 is 0 Å². The summed E-state index contributed by atoms with van der Waals surface area (Å²) in [6.45, 7) is 0.557. The predicted octanol–water partition coefficient (Wildman–Crippen LogP) is 1.37. The average molecular weight is 285 g/mol. The zero-order valence-electron chi connectivity index (χ0n) is 11.3. The van der Waals surface area contributed by atoms with Crippen LogP contribution in [0.2, 0.25) is 0 Å². The van der Waals surface area contributed by atoms with Crippen molar-refractivity contribution in [3.05, 3.63) is 53.3 Å². The molecule has 0 aliphatic carbocycles. The fourth-order valence-electron chi connectivity index (χ4n) is 2.40.